The summed E-state index contributed by atoms with van der Waals surface area (Å²) in [5, 5.41) is 15.1. The zero-order chi connectivity index (χ0) is 22.2. The van der Waals surface area contributed by atoms with Crippen LogP contribution in [-0.2, 0) is 4.79 Å². The number of halogens is 2. The molecule has 2 aromatic carbocycles. The van der Waals surface area contributed by atoms with E-state index in [0.29, 0.717) is 11.0 Å². The number of para-hydroxylation sites is 2. The maximum atomic E-state index is 13.3. The fourth-order valence-electron chi connectivity index (χ4n) is 2.61. The van der Waals surface area contributed by atoms with Gasteiger partial charge in [0.15, 0.2) is 6.61 Å². The van der Waals surface area contributed by atoms with Gasteiger partial charge in [-0.25, -0.2) is 9.37 Å². The minimum absolute atomic E-state index is 0.0250. The molecule has 2 amide bonds. The smallest absolute Gasteiger partial charge is 0.271 e. The molecule has 0 radical (unpaired) electrons. The van der Waals surface area contributed by atoms with E-state index in [0.717, 1.165) is 6.07 Å². The van der Waals surface area contributed by atoms with E-state index in [1.54, 1.807) is 12.1 Å². The number of aliphatic hydroxyl groups is 1. The molecule has 0 unspecified atom stereocenters. The van der Waals surface area contributed by atoms with Crippen molar-refractivity contribution in [2.75, 3.05) is 19.7 Å². The third-order valence-corrected chi connectivity index (χ3v) is 4.55. The molecule has 0 bridgehead atoms. The Hall–Kier alpha value is -3.30. The highest BCUT2D eigenvalue weighted by Crippen LogP contribution is 2.20. The fraction of sp³-hybridized carbons (Fsp3) is 0.238. The van der Waals surface area contributed by atoms with Gasteiger partial charge in [0, 0.05) is 19.2 Å². The zero-order valence-electron chi connectivity index (χ0n) is 16.3. The van der Waals surface area contributed by atoms with Crippen LogP contribution in [0.4, 0.5) is 4.39 Å². The monoisotopic (exact) mass is 446 g/mol. The normalized spacial score (nSPS) is 11.7. The highest BCUT2D eigenvalue weighted by atomic mass is 35.5. The molecule has 8 nitrogen and oxygen atoms in total. The molecule has 0 aliphatic carbocycles. The largest absolute Gasteiger partial charge is 0.484 e. The second-order valence-electron chi connectivity index (χ2n) is 6.61. The number of hydrogen-bond acceptors (Lipinski definition) is 6. The van der Waals surface area contributed by atoms with Crippen molar-refractivity contribution in [3.05, 3.63) is 65.2 Å². The molecule has 3 N–H and O–H groups in total. The number of nitrogens with zero attached hydrogens (tertiary/aromatic N) is 2. The van der Waals surface area contributed by atoms with Gasteiger partial charge in [-0.3, -0.25) is 14.6 Å². The molecule has 3 rings (SSSR count). The second-order valence-corrected chi connectivity index (χ2v) is 7.02. The summed E-state index contributed by atoms with van der Waals surface area (Å²) in [5.74, 6) is -1.37. The molecular formula is C21H20ClFN4O4. The van der Waals surface area contributed by atoms with Crippen LogP contribution in [0.1, 0.15) is 16.9 Å². The lowest BCUT2D eigenvalue weighted by atomic mass is 10.2. The van der Waals surface area contributed by atoms with Crippen LogP contribution in [0, 0.1) is 5.82 Å². The van der Waals surface area contributed by atoms with Gasteiger partial charge in [0.2, 0.25) is 0 Å². The first-order valence-corrected chi connectivity index (χ1v) is 9.83. The van der Waals surface area contributed by atoms with E-state index < -0.39 is 23.7 Å². The first kappa shape index (κ1) is 22.4. The topological polar surface area (TPSA) is 113 Å². The molecule has 31 heavy (non-hydrogen) atoms. The maximum Gasteiger partial charge on any atom is 0.271 e. The molecule has 1 heterocycles. The number of carbonyl (C=O) groups excluding carboxylic acids is 2. The lowest BCUT2D eigenvalue weighted by molar-refractivity contribution is -0.123. The van der Waals surface area contributed by atoms with Crippen LogP contribution in [0.5, 0.6) is 5.75 Å². The number of hydrogen-bond donors (Lipinski definition) is 3. The van der Waals surface area contributed by atoms with Crippen molar-refractivity contribution in [1.29, 1.82) is 0 Å². The van der Waals surface area contributed by atoms with Crippen molar-refractivity contribution in [2.24, 2.45) is 0 Å². The summed E-state index contributed by atoms with van der Waals surface area (Å²) in [7, 11) is 0. The molecule has 1 aromatic heterocycles. The van der Waals surface area contributed by atoms with E-state index >= 15 is 0 Å². The molecule has 0 fully saturated rings. The Bertz CT molecular complexity index is 1080. The van der Waals surface area contributed by atoms with Crippen LogP contribution < -0.4 is 15.4 Å². The molecule has 0 aliphatic rings. The van der Waals surface area contributed by atoms with Crippen molar-refractivity contribution in [2.45, 2.75) is 12.5 Å². The number of aromatic nitrogens is 2. The van der Waals surface area contributed by atoms with E-state index in [-0.39, 0.29) is 42.6 Å². The Morgan fingerprint density at radius 1 is 1.16 bits per heavy atom. The Labute approximate surface area is 182 Å². The van der Waals surface area contributed by atoms with Crippen LogP contribution in [0.2, 0.25) is 5.02 Å². The van der Waals surface area contributed by atoms with E-state index in [2.05, 4.69) is 20.6 Å². The molecule has 3 aromatic rings. The number of benzene rings is 2. The summed E-state index contributed by atoms with van der Waals surface area (Å²) in [6.07, 6.45) is 0.733. The minimum atomic E-state index is -0.875. The summed E-state index contributed by atoms with van der Waals surface area (Å²) in [4.78, 5) is 32.4. The van der Waals surface area contributed by atoms with Gasteiger partial charge >= 0.3 is 0 Å². The Balaban J connectivity index is 1.35. The number of ether oxygens (including phenoxy) is 1. The van der Waals surface area contributed by atoms with Crippen molar-refractivity contribution in [1.82, 2.24) is 20.6 Å². The number of aliphatic hydroxyl groups excluding tert-OH is 1. The lowest BCUT2D eigenvalue weighted by Crippen LogP contribution is -2.37. The third-order valence-electron chi connectivity index (χ3n) is 4.24. The average molecular weight is 447 g/mol. The van der Waals surface area contributed by atoms with Gasteiger partial charge in [-0.15, -0.1) is 0 Å². The zero-order valence-corrected chi connectivity index (χ0v) is 17.1. The molecule has 0 saturated heterocycles. The number of rotatable bonds is 9. The Morgan fingerprint density at radius 3 is 2.71 bits per heavy atom. The fourth-order valence-corrected chi connectivity index (χ4v) is 2.73. The highest BCUT2D eigenvalue weighted by Gasteiger charge is 2.12. The summed E-state index contributed by atoms with van der Waals surface area (Å²) in [6, 6.07) is 11.0. The molecule has 0 saturated carbocycles. The quantitative estimate of drug-likeness (QED) is 0.464. The van der Waals surface area contributed by atoms with Gasteiger partial charge in [-0.1, -0.05) is 23.7 Å². The number of nitrogens with one attached hydrogen (secondary N) is 2. The summed E-state index contributed by atoms with van der Waals surface area (Å²) < 4.78 is 18.5. The van der Waals surface area contributed by atoms with E-state index in [1.807, 2.05) is 12.1 Å². The summed E-state index contributed by atoms with van der Waals surface area (Å²) in [6.45, 7) is -0.182. The van der Waals surface area contributed by atoms with Crippen LogP contribution in [0.25, 0.3) is 11.0 Å². The first-order valence-electron chi connectivity index (χ1n) is 9.45. The molecule has 10 heteroatoms. The van der Waals surface area contributed by atoms with E-state index in [4.69, 9.17) is 16.3 Å². The van der Waals surface area contributed by atoms with Gasteiger partial charge in [0.25, 0.3) is 11.8 Å². The van der Waals surface area contributed by atoms with Crippen LogP contribution in [-0.4, -0.2) is 52.7 Å². The molecular weight excluding hydrogens is 427 g/mol. The third kappa shape index (κ3) is 6.59. The molecule has 162 valence electrons. The standard InChI is InChI=1S/C21H20ClFN4O4/c22-15-6-5-14(9-16(15)23)31-12-20(29)26-10-13(28)7-8-24-21(30)19-11-25-17-3-1-2-4-18(17)27-19/h1-6,9,11,13,28H,7-8,10,12H2,(H,24,30)(H,26,29)/t13-/m0/s1. The first-order chi connectivity index (χ1) is 14.9. The van der Waals surface area contributed by atoms with Gasteiger partial charge in [0.1, 0.15) is 17.3 Å². The SMILES string of the molecule is O=C(COc1ccc(Cl)c(F)c1)NC[C@@H](O)CCNC(=O)c1cnc2ccccc2n1. The number of carbonyl (C=O) groups is 2. The Morgan fingerprint density at radius 2 is 1.94 bits per heavy atom. The summed E-state index contributed by atoms with van der Waals surface area (Å²) >= 11 is 5.58. The summed E-state index contributed by atoms with van der Waals surface area (Å²) in [5.41, 5.74) is 1.48. The number of amides is 2. The highest BCUT2D eigenvalue weighted by molar-refractivity contribution is 6.30. The lowest BCUT2D eigenvalue weighted by Gasteiger charge is -2.13. The predicted molar refractivity (Wildman–Crippen MR) is 112 cm³/mol. The van der Waals surface area contributed by atoms with Gasteiger partial charge in [-0.05, 0) is 30.7 Å². The van der Waals surface area contributed by atoms with Crippen molar-refractivity contribution >= 4 is 34.4 Å². The molecule has 0 spiro atoms. The van der Waals surface area contributed by atoms with Crippen molar-refractivity contribution in [3.8, 4) is 5.75 Å². The van der Waals surface area contributed by atoms with Crippen molar-refractivity contribution < 1.29 is 23.8 Å². The second kappa shape index (κ2) is 10.6. The van der Waals surface area contributed by atoms with Gasteiger partial charge in [-0.2, -0.15) is 0 Å². The molecule has 1 atom stereocenters. The maximum absolute atomic E-state index is 13.3. The Kier molecular flexibility index (Phi) is 7.69. The average Bonchev–Trinajstić information content (AvgIpc) is 2.78. The van der Waals surface area contributed by atoms with Crippen molar-refractivity contribution in [3.63, 3.8) is 0 Å². The van der Waals surface area contributed by atoms with Crippen LogP contribution in [0.15, 0.2) is 48.7 Å². The van der Waals surface area contributed by atoms with Crippen LogP contribution >= 0.6 is 11.6 Å². The molecule has 0 aliphatic heterocycles. The van der Waals surface area contributed by atoms with Crippen LogP contribution in [0.3, 0.4) is 0 Å². The van der Waals surface area contributed by atoms with E-state index in [9.17, 15) is 19.1 Å². The van der Waals surface area contributed by atoms with Gasteiger partial charge in [0.05, 0.1) is 28.4 Å². The van der Waals surface area contributed by atoms with E-state index in [1.165, 1.54) is 18.3 Å². The number of fused-ring (bicyclic) bond motifs is 1. The predicted octanol–water partition coefficient (Wildman–Crippen LogP) is 2.10. The minimum Gasteiger partial charge on any atom is -0.484 e. The van der Waals surface area contributed by atoms with Gasteiger partial charge < -0.3 is 20.5 Å².